The Kier molecular flexibility index (Phi) is 5.48. The third-order valence-corrected chi connectivity index (χ3v) is 6.76. The Hall–Kier alpha value is -3.91. The summed E-state index contributed by atoms with van der Waals surface area (Å²) in [5.74, 6) is -2.23. The van der Waals surface area contributed by atoms with E-state index in [2.05, 4.69) is 9.97 Å². The summed E-state index contributed by atoms with van der Waals surface area (Å²) in [6, 6.07) is 15.3. The van der Waals surface area contributed by atoms with E-state index in [4.69, 9.17) is 11.5 Å². The van der Waals surface area contributed by atoms with Gasteiger partial charge in [0.15, 0.2) is 11.6 Å². The molecule has 4 N–H and O–H groups in total. The zero-order chi connectivity index (χ0) is 24.9. The Morgan fingerprint density at radius 1 is 1.03 bits per heavy atom. The molecule has 2 heterocycles. The normalized spacial score (nSPS) is 14.7. The lowest BCUT2D eigenvalue weighted by Crippen LogP contribution is -2.33. The van der Waals surface area contributed by atoms with Crippen LogP contribution >= 0.6 is 0 Å². The summed E-state index contributed by atoms with van der Waals surface area (Å²) in [6.45, 7) is 4.59. The lowest BCUT2D eigenvalue weighted by Gasteiger charge is -2.27. The first kappa shape index (κ1) is 22.9. The van der Waals surface area contributed by atoms with Crippen LogP contribution in [-0.4, -0.2) is 20.8 Å². The third-order valence-electron chi connectivity index (χ3n) is 6.76. The third kappa shape index (κ3) is 4.00. The molecule has 0 fully saturated rings. The molecule has 0 radical (unpaired) electrons. The van der Waals surface area contributed by atoms with Gasteiger partial charge in [-0.05, 0) is 65.4 Å². The van der Waals surface area contributed by atoms with Crippen molar-refractivity contribution < 1.29 is 13.6 Å². The van der Waals surface area contributed by atoms with E-state index in [-0.39, 0.29) is 17.5 Å². The SMILES string of the molecule is CCC(C)(N)c1cc(F)c(F)cc1-c1ccc2nc(N)nc(C(=O)N3Cc4ccccc4C3)c2c1. The molecule has 6 nitrogen and oxygen atoms in total. The van der Waals surface area contributed by atoms with Crippen molar-refractivity contribution in [2.75, 3.05) is 5.73 Å². The summed E-state index contributed by atoms with van der Waals surface area (Å²) in [6.07, 6.45) is 0.511. The molecule has 3 aromatic carbocycles. The summed E-state index contributed by atoms with van der Waals surface area (Å²) < 4.78 is 28.5. The smallest absolute Gasteiger partial charge is 0.273 e. The highest BCUT2D eigenvalue weighted by Gasteiger charge is 2.28. The van der Waals surface area contributed by atoms with E-state index in [1.54, 1.807) is 30.0 Å². The maximum atomic E-state index is 14.3. The van der Waals surface area contributed by atoms with Crippen molar-refractivity contribution in [3.8, 4) is 11.1 Å². The molecule has 0 aliphatic carbocycles. The monoisotopic (exact) mass is 473 g/mol. The minimum Gasteiger partial charge on any atom is -0.368 e. The number of nitrogen functional groups attached to an aromatic ring is 1. The first-order chi connectivity index (χ1) is 16.7. The number of hydrogen-bond acceptors (Lipinski definition) is 5. The molecule has 0 saturated carbocycles. The van der Waals surface area contributed by atoms with E-state index < -0.39 is 17.2 Å². The average molecular weight is 474 g/mol. The van der Waals surface area contributed by atoms with Crippen molar-refractivity contribution >= 4 is 22.8 Å². The maximum Gasteiger partial charge on any atom is 0.273 e. The van der Waals surface area contributed by atoms with Gasteiger partial charge in [0.1, 0.15) is 5.69 Å². The van der Waals surface area contributed by atoms with Crippen LogP contribution in [0.25, 0.3) is 22.0 Å². The number of halogens is 2. The molecule has 1 atom stereocenters. The van der Waals surface area contributed by atoms with E-state index in [9.17, 15) is 13.6 Å². The minimum atomic E-state index is -0.976. The number of aromatic nitrogens is 2. The number of fused-ring (bicyclic) bond motifs is 2. The number of hydrogen-bond donors (Lipinski definition) is 2. The van der Waals surface area contributed by atoms with Crippen LogP contribution in [0.5, 0.6) is 0 Å². The van der Waals surface area contributed by atoms with Crippen LogP contribution < -0.4 is 11.5 Å². The van der Waals surface area contributed by atoms with E-state index in [1.807, 2.05) is 31.2 Å². The molecule has 1 aliphatic rings. The van der Waals surface area contributed by atoms with Crippen LogP contribution in [0.3, 0.4) is 0 Å². The molecule has 35 heavy (non-hydrogen) atoms. The van der Waals surface area contributed by atoms with Crippen LogP contribution in [0.2, 0.25) is 0 Å². The molecule has 4 aromatic rings. The van der Waals surface area contributed by atoms with Gasteiger partial charge in [-0.3, -0.25) is 4.79 Å². The van der Waals surface area contributed by atoms with Crippen molar-refractivity contribution in [2.24, 2.45) is 5.73 Å². The number of benzene rings is 3. The Bertz CT molecular complexity index is 1460. The molecule has 1 unspecified atom stereocenters. The molecule has 5 rings (SSSR count). The molecule has 8 heteroatoms. The lowest BCUT2D eigenvalue weighted by molar-refractivity contribution is 0.0747. The van der Waals surface area contributed by atoms with Crippen molar-refractivity contribution in [1.82, 2.24) is 14.9 Å². The van der Waals surface area contributed by atoms with Gasteiger partial charge in [0.05, 0.1) is 5.52 Å². The van der Waals surface area contributed by atoms with Crippen LogP contribution in [0.15, 0.2) is 54.6 Å². The minimum absolute atomic E-state index is 0.0145. The number of nitrogens with zero attached hydrogens (tertiary/aromatic N) is 3. The van der Waals surface area contributed by atoms with Crippen molar-refractivity contribution in [1.29, 1.82) is 0 Å². The van der Waals surface area contributed by atoms with Gasteiger partial charge in [-0.15, -0.1) is 0 Å². The number of carbonyl (C=O) groups excluding carboxylic acids is 1. The van der Waals surface area contributed by atoms with Crippen LogP contribution in [0.1, 0.15) is 47.4 Å². The second-order valence-electron chi connectivity index (χ2n) is 9.18. The molecule has 178 valence electrons. The highest BCUT2D eigenvalue weighted by Crippen LogP contribution is 2.36. The maximum absolute atomic E-state index is 14.3. The van der Waals surface area contributed by atoms with Crippen LogP contribution in [0, 0.1) is 11.6 Å². The molecular formula is C27H25F2N5O. The highest BCUT2D eigenvalue weighted by atomic mass is 19.2. The standard InChI is InChI=1S/C27H25F2N5O/c1-3-27(2,31)20-12-22(29)21(28)11-18(20)15-8-9-23-19(10-15)24(33-26(30)32-23)25(35)34-13-16-6-4-5-7-17(16)14-34/h4-12H,3,13-14,31H2,1-2H3,(H2,30,32,33). The number of rotatable bonds is 4. The van der Waals surface area contributed by atoms with E-state index in [1.165, 1.54) is 0 Å². The van der Waals surface area contributed by atoms with E-state index in [0.717, 1.165) is 23.3 Å². The largest absolute Gasteiger partial charge is 0.368 e. The second-order valence-corrected chi connectivity index (χ2v) is 9.18. The van der Waals surface area contributed by atoms with Crippen molar-refractivity contribution in [3.63, 3.8) is 0 Å². The molecule has 1 aromatic heterocycles. The number of nitrogens with two attached hydrogens (primary N) is 2. The molecular weight excluding hydrogens is 448 g/mol. The molecule has 1 amide bonds. The molecule has 0 bridgehead atoms. The van der Waals surface area contributed by atoms with Gasteiger partial charge in [0, 0.05) is 24.0 Å². The summed E-state index contributed by atoms with van der Waals surface area (Å²) >= 11 is 0. The fourth-order valence-corrected chi connectivity index (χ4v) is 4.55. The fraction of sp³-hybridized carbons (Fsp3) is 0.222. The predicted octanol–water partition coefficient (Wildman–Crippen LogP) is 4.90. The van der Waals surface area contributed by atoms with Gasteiger partial charge in [-0.25, -0.2) is 18.7 Å². The first-order valence-electron chi connectivity index (χ1n) is 11.4. The van der Waals surface area contributed by atoms with Gasteiger partial charge in [-0.1, -0.05) is 37.3 Å². The van der Waals surface area contributed by atoms with Crippen LogP contribution in [-0.2, 0) is 18.6 Å². The quantitative estimate of drug-likeness (QED) is 0.439. The summed E-state index contributed by atoms with van der Waals surface area (Å²) in [7, 11) is 0. The molecule has 1 aliphatic heterocycles. The summed E-state index contributed by atoms with van der Waals surface area (Å²) in [5, 5.41) is 0.476. The Morgan fingerprint density at radius 2 is 1.69 bits per heavy atom. The van der Waals surface area contributed by atoms with Gasteiger partial charge in [-0.2, -0.15) is 0 Å². The zero-order valence-corrected chi connectivity index (χ0v) is 19.5. The predicted molar refractivity (Wildman–Crippen MR) is 131 cm³/mol. The van der Waals surface area contributed by atoms with Gasteiger partial charge in [0.2, 0.25) is 5.95 Å². The van der Waals surface area contributed by atoms with Crippen LogP contribution in [0.4, 0.5) is 14.7 Å². The highest BCUT2D eigenvalue weighted by molar-refractivity contribution is 6.06. The second kappa shape index (κ2) is 8.39. The lowest BCUT2D eigenvalue weighted by atomic mass is 9.84. The Morgan fingerprint density at radius 3 is 2.34 bits per heavy atom. The van der Waals surface area contributed by atoms with Gasteiger partial charge in [0.25, 0.3) is 5.91 Å². The Labute approximate surface area is 201 Å². The fourth-order valence-electron chi connectivity index (χ4n) is 4.55. The van der Waals surface area contributed by atoms with Crippen molar-refractivity contribution in [3.05, 3.63) is 88.6 Å². The molecule has 0 saturated heterocycles. The summed E-state index contributed by atoms with van der Waals surface area (Å²) in [5.41, 5.74) is 15.8. The van der Waals surface area contributed by atoms with Gasteiger partial charge >= 0.3 is 0 Å². The average Bonchev–Trinajstić information content (AvgIpc) is 3.28. The van der Waals surface area contributed by atoms with E-state index >= 15 is 0 Å². The van der Waals surface area contributed by atoms with Crippen molar-refractivity contribution in [2.45, 2.75) is 38.9 Å². The van der Waals surface area contributed by atoms with E-state index in [0.29, 0.717) is 47.1 Å². The Balaban J connectivity index is 1.64. The zero-order valence-electron chi connectivity index (χ0n) is 19.5. The molecule has 0 spiro atoms. The topological polar surface area (TPSA) is 98.1 Å². The first-order valence-corrected chi connectivity index (χ1v) is 11.4. The number of amides is 1. The summed E-state index contributed by atoms with van der Waals surface area (Å²) in [4.78, 5) is 23.8. The number of carbonyl (C=O) groups is 1. The number of anilines is 1. The van der Waals surface area contributed by atoms with Gasteiger partial charge < -0.3 is 16.4 Å².